The minimum Gasteiger partial charge on any atom is -0.379 e. The first-order chi connectivity index (χ1) is 18.2. The highest BCUT2D eigenvalue weighted by Gasteiger charge is 2.14. The number of morpholine rings is 1. The van der Waals surface area contributed by atoms with Crippen LogP contribution in [0.25, 0.3) is 21.4 Å². The van der Waals surface area contributed by atoms with Crippen LogP contribution in [-0.4, -0.2) is 82.4 Å². The first kappa shape index (κ1) is 27.0. The van der Waals surface area contributed by atoms with Crippen molar-refractivity contribution >= 4 is 39.0 Å². The molecule has 0 unspecified atom stereocenters. The normalized spacial score (nSPS) is 15.0. The van der Waals surface area contributed by atoms with Crippen LogP contribution in [0, 0.1) is 0 Å². The molecule has 0 bridgehead atoms. The number of nitrogens with one attached hydrogen (secondary N) is 1. The van der Waals surface area contributed by atoms with Gasteiger partial charge in [-0.25, -0.2) is 0 Å². The molecule has 5 rings (SSSR count). The van der Waals surface area contributed by atoms with Gasteiger partial charge in [-0.1, -0.05) is 37.3 Å². The van der Waals surface area contributed by atoms with Crippen LogP contribution in [0.15, 0.2) is 41.5 Å². The maximum Gasteiger partial charge on any atom is 0.234 e. The summed E-state index contributed by atoms with van der Waals surface area (Å²) < 4.78 is 7.28. The summed E-state index contributed by atoms with van der Waals surface area (Å²) in [5.41, 5.74) is 4.22. The lowest BCUT2D eigenvalue weighted by atomic mass is 10.0. The van der Waals surface area contributed by atoms with E-state index in [-0.39, 0.29) is 0 Å². The van der Waals surface area contributed by atoms with Gasteiger partial charge in [0.15, 0.2) is 5.82 Å². The van der Waals surface area contributed by atoms with Gasteiger partial charge in [0, 0.05) is 69.6 Å². The molecule has 0 radical (unpaired) electrons. The molecule has 0 saturated carbocycles. The average molecular weight is 521 g/mol. The molecule has 4 heterocycles. The number of nitrogens with zero attached hydrogens (tertiary/aromatic N) is 7. The molecule has 0 spiro atoms. The van der Waals surface area contributed by atoms with Crippen molar-refractivity contribution < 1.29 is 4.74 Å². The number of fused-ring (bicyclic) bond motifs is 2. The predicted molar refractivity (Wildman–Crippen MR) is 152 cm³/mol. The number of benzene rings is 1. The minimum atomic E-state index is 0.655. The van der Waals surface area contributed by atoms with Gasteiger partial charge < -0.3 is 10.1 Å². The zero-order valence-corrected chi connectivity index (χ0v) is 23.0. The number of ether oxygens (including phenoxy) is 1. The van der Waals surface area contributed by atoms with Crippen molar-refractivity contribution in [1.29, 1.82) is 0 Å². The standard InChI is InChI=1S/C25H30N8OS.C2H6/c1-3-19(15-26-2)21-14-20-12-18(4-5-22(20)28-16-21)13-23-29-30-25-33(23)31-24(35-25)17-27-6-7-32-8-10-34-11-9-32;1-2/h3-5,12,14-16,27H,6-11,13,17H2,1-2H3;1-2H3/b19-3+,26-15?;. The van der Waals surface area contributed by atoms with E-state index in [1.54, 1.807) is 18.4 Å². The quantitative estimate of drug-likeness (QED) is 0.264. The lowest BCUT2D eigenvalue weighted by Gasteiger charge is -2.26. The van der Waals surface area contributed by atoms with Crippen molar-refractivity contribution in [2.24, 2.45) is 4.99 Å². The van der Waals surface area contributed by atoms with Gasteiger partial charge in [-0.05, 0) is 36.3 Å². The van der Waals surface area contributed by atoms with Gasteiger partial charge in [0.05, 0.1) is 18.7 Å². The fourth-order valence-corrected chi connectivity index (χ4v) is 5.04. The zero-order valence-electron chi connectivity index (χ0n) is 22.1. The molecule has 4 aromatic rings. The molecule has 196 valence electrons. The molecular formula is C27H36N8OS. The maximum absolute atomic E-state index is 5.41. The van der Waals surface area contributed by atoms with Crippen LogP contribution in [-0.2, 0) is 17.7 Å². The molecule has 1 aliphatic rings. The van der Waals surface area contributed by atoms with Crippen LogP contribution in [0.1, 0.15) is 42.7 Å². The third kappa shape index (κ3) is 6.84. The molecule has 0 aliphatic carbocycles. The van der Waals surface area contributed by atoms with E-state index in [0.29, 0.717) is 6.42 Å². The van der Waals surface area contributed by atoms with Crippen LogP contribution in [0.2, 0.25) is 0 Å². The predicted octanol–water partition coefficient (Wildman–Crippen LogP) is 3.88. The molecule has 1 saturated heterocycles. The molecule has 1 aromatic carbocycles. The Labute approximate surface area is 222 Å². The first-order valence-electron chi connectivity index (χ1n) is 12.9. The molecule has 0 atom stereocenters. The van der Waals surface area contributed by atoms with Gasteiger partial charge in [-0.3, -0.25) is 14.9 Å². The molecule has 3 aromatic heterocycles. The minimum absolute atomic E-state index is 0.655. The number of hydrogen-bond acceptors (Lipinski definition) is 9. The smallest absolute Gasteiger partial charge is 0.234 e. The SMILES string of the molecule is C/C=C(\C=NC)c1cnc2ccc(Cc3nnc4sc(CNCCN5CCOCC5)nn34)cc2c1.CC. The first-order valence-corrected chi connectivity index (χ1v) is 13.7. The molecule has 1 N–H and O–H groups in total. The Kier molecular flexibility index (Phi) is 9.84. The van der Waals surface area contributed by atoms with Gasteiger partial charge in [-0.2, -0.15) is 9.61 Å². The van der Waals surface area contributed by atoms with Crippen LogP contribution < -0.4 is 5.32 Å². The summed E-state index contributed by atoms with van der Waals surface area (Å²) in [5.74, 6) is 0.839. The Balaban J connectivity index is 0.00000156. The zero-order chi connectivity index (χ0) is 26.0. The molecule has 37 heavy (non-hydrogen) atoms. The Hall–Kier alpha value is -3.05. The highest BCUT2D eigenvalue weighted by Crippen LogP contribution is 2.22. The third-order valence-corrected chi connectivity index (χ3v) is 7.00. The molecule has 0 amide bonds. The van der Waals surface area contributed by atoms with Crippen LogP contribution in [0.5, 0.6) is 0 Å². The van der Waals surface area contributed by atoms with E-state index in [1.165, 1.54) is 0 Å². The van der Waals surface area contributed by atoms with E-state index in [4.69, 9.17) is 9.84 Å². The van der Waals surface area contributed by atoms with Crippen LogP contribution >= 0.6 is 11.3 Å². The van der Waals surface area contributed by atoms with E-state index in [1.807, 2.05) is 43.8 Å². The summed E-state index contributed by atoms with van der Waals surface area (Å²) >= 11 is 1.58. The molecule has 9 nitrogen and oxygen atoms in total. The lowest BCUT2D eigenvalue weighted by molar-refractivity contribution is 0.0384. The van der Waals surface area contributed by atoms with Gasteiger partial charge in [0.2, 0.25) is 4.96 Å². The Morgan fingerprint density at radius 2 is 2.03 bits per heavy atom. The van der Waals surface area contributed by atoms with Gasteiger partial charge in [0.1, 0.15) is 5.01 Å². The van der Waals surface area contributed by atoms with Crippen LogP contribution in [0.3, 0.4) is 0 Å². The van der Waals surface area contributed by atoms with Gasteiger partial charge in [0.25, 0.3) is 0 Å². The summed E-state index contributed by atoms with van der Waals surface area (Å²) in [6.45, 7) is 12.4. The van der Waals surface area contributed by atoms with E-state index >= 15 is 0 Å². The van der Waals surface area contributed by atoms with Gasteiger partial charge >= 0.3 is 0 Å². The number of allylic oxidation sites excluding steroid dienone is 2. The average Bonchev–Trinajstić information content (AvgIpc) is 3.52. The number of aliphatic imine (C=N–C) groups is 1. The summed E-state index contributed by atoms with van der Waals surface area (Å²) in [4.78, 5) is 12.0. The van der Waals surface area contributed by atoms with Crippen molar-refractivity contribution in [1.82, 2.24) is 35.0 Å². The molecular weight excluding hydrogens is 484 g/mol. The Morgan fingerprint density at radius 1 is 1.19 bits per heavy atom. The van der Waals surface area contributed by atoms with E-state index in [2.05, 4.69) is 54.7 Å². The number of pyridine rings is 1. The Bertz CT molecular complexity index is 1350. The lowest BCUT2D eigenvalue weighted by Crippen LogP contribution is -2.40. The van der Waals surface area contributed by atoms with Crippen molar-refractivity contribution in [3.8, 4) is 0 Å². The second-order valence-electron chi connectivity index (χ2n) is 8.50. The molecule has 1 fully saturated rings. The summed E-state index contributed by atoms with van der Waals surface area (Å²) in [6.07, 6.45) is 6.45. The number of hydrogen-bond donors (Lipinski definition) is 1. The topological polar surface area (TPSA) is 92.8 Å². The second kappa shape index (κ2) is 13.5. The van der Waals surface area contributed by atoms with E-state index in [0.717, 1.165) is 89.3 Å². The van der Waals surface area contributed by atoms with Crippen LogP contribution in [0.4, 0.5) is 0 Å². The number of aromatic nitrogens is 5. The summed E-state index contributed by atoms with van der Waals surface area (Å²) in [5, 5.41) is 19.1. The maximum atomic E-state index is 5.41. The summed E-state index contributed by atoms with van der Waals surface area (Å²) in [6, 6.07) is 8.48. The summed E-state index contributed by atoms with van der Waals surface area (Å²) in [7, 11) is 1.78. The highest BCUT2D eigenvalue weighted by molar-refractivity contribution is 7.16. The largest absolute Gasteiger partial charge is 0.379 e. The highest BCUT2D eigenvalue weighted by atomic mass is 32.1. The van der Waals surface area contributed by atoms with E-state index < -0.39 is 0 Å². The molecule has 10 heteroatoms. The fourth-order valence-electron chi connectivity index (χ4n) is 4.22. The third-order valence-electron chi connectivity index (χ3n) is 6.10. The second-order valence-corrected chi connectivity index (χ2v) is 9.54. The van der Waals surface area contributed by atoms with Crippen molar-refractivity contribution in [3.63, 3.8) is 0 Å². The monoisotopic (exact) mass is 520 g/mol. The molecule has 1 aliphatic heterocycles. The van der Waals surface area contributed by atoms with Gasteiger partial charge in [-0.15, -0.1) is 10.2 Å². The van der Waals surface area contributed by atoms with Crippen molar-refractivity contribution in [2.45, 2.75) is 33.7 Å². The van der Waals surface area contributed by atoms with Crippen molar-refractivity contribution in [2.75, 3.05) is 46.4 Å². The fraction of sp³-hybridized carbons (Fsp3) is 0.444. The Morgan fingerprint density at radius 3 is 2.81 bits per heavy atom. The van der Waals surface area contributed by atoms with E-state index in [9.17, 15) is 0 Å². The number of rotatable bonds is 9. The van der Waals surface area contributed by atoms with Crippen molar-refractivity contribution in [3.05, 3.63) is 58.5 Å².